The molecule has 0 aliphatic carbocycles. The first-order valence-corrected chi connectivity index (χ1v) is 5.86. The molecule has 0 saturated heterocycles. The van der Waals surface area contributed by atoms with E-state index in [-0.39, 0.29) is 0 Å². The van der Waals surface area contributed by atoms with Gasteiger partial charge in [-0.3, -0.25) is 9.59 Å². The molecule has 1 unspecified atom stereocenters. The van der Waals surface area contributed by atoms with Crippen molar-refractivity contribution < 1.29 is 23.5 Å². The van der Waals surface area contributed by atoms with E-state index in [1.165, 1.54) is 31.2 Å². The molecule has 4 nitrogen and oxygen atoms in total. The predicted octanol–water partition coefficient (Wildman–Crippen LogP) is 2.66. The third-order valence-corrected chi connectivity index (χ3v) is 2.83. The molecule has 1 aromatic carbocycles. The highest BCUT2D eigenvalue weighted by Crippen LogP contribution is 2.26. The molecule has 0 aliphatic rings. The molecule has 2 N–H and O–H groups in total. The van der Waals surface area contributed by atoms with Crippen LogP contribution in [-0.2, 0) is 9.59 Å². The molecule has 0 bridgehead atoms. The van der Waals surface area contributed by atoms with Crippen LogP contribution in [0.2, 0.25) is 0 Å². The van der Waals surface area contributed by atoms with Crippen LogP contribution in [0.4, 0.5) is 14.5 Å². The van der Waals surface area contributed by atoms with Gasteiger partial charge in [0.05, 0.1) is 0 Å². The Hall–Kier alpha value is -1.63. The van der Waals surface area contributed by atoms with Crippen molar-refractivity contribution >= 4 is 29.3 Å². The summed E-state index contributed by atoms with van der Waals surface area (Å²) in [5.74, 6) is -5.55. The summed E-state index contributed by atoms with van der Waals surface area (Å²) in [6, 6.07) is 5.74. The number of carbonyl (C=O) groups is 2. The van der Waals surface area contributed by atoms with Gasteiger partial charge in [0.25, 0.3) is 5.76 Å². The summed E-state index contributed by atoms with van der Waals surface area (Å²) in [4.78, 5) is 22.3. The second kappa shape index (κ2) is 6.34. The standard InChI is InChI=1S/C11H11F2NO3S/c1-6(10(16)17)9(15)14-7-2-4-8(5-3-7)18-11(12)13/h2-6,11H,1H3,(H,14,15)(H,16,17). The molecule has 0 aliphatic heterocycles. The molecule has 98 valence electrons. The monoisotopic (exact) mass is 275 g/mol. The Morgan fingerprint density at radius 3 is 2.28 bits per heavy atom. The maximum atomic E-state index is 12.1. The van der Waals surface area contributed by atoms with Crippen molar-refractivity contribution in [1.29, 1.82) is 0 Å². The zero-order valence-corrected chi connectivity index (χ0v) is 10.2. The highest BCUT2D eigenvalue weighted by atomic mass is 32.2. The van der Waals surface area contributed by atoms with Crippen molar-refractivity contribution in [3.05, 3.63) is 24.3 Å². The van der Waals surface area contributed by atoms with Crippen LogP contribution in [0, 0.1) is 5.92 Å². The van der Waals surface area contributed by atoms with Gasteiger partial charge >= 0.3 is 5.97 Å². The first-order chi connectivity index (χ1) is 8.40. The Balaban J connectivity index is 2.64. The third-order valence-electron chi connectivity index (χ3n) is 2.11. The minimum absolute atomic E-state index is 0.367. The number of carboxylic acid groups (broad SMARTS) is 1. The van der Waals surface area contributed by atoms with Crippen LogP contribution in [-0.4, -0.2) is 22.7 Å². The first-order valence-electron chi connectivity index (χ1n) is 4.98. The molecule has 1 rings (SSSR count). The maximum absolute atomic E-state index is 12.1. The number of aliphatic carboxylic acids is 1. The first kappa shape index (κ1) is 14.4. The molecule has 0 spiro atoms. The Labute approximate surface area is 106 Å². The molecule has 0 fully saturated rings. The van der Waals surface area contributed by atoms with E-state index < -0.39 is 23.6 Å². The number of carboxylic acids is 1. The largest absolute Gasteiger partial charge is 0.481 e. The van der Waals surface area contributed by atoms with Crippen LogP contribution < -0.4 is 5.32 Å². The number of carbonyl (C=O) groups excluding carboxylic acids is 1. The minimum atomic E-state index is -2.50. The number of halogens is 2. The van der Waals surface area contributed by atoms with Gasteiger partial charge in [-0.05, 0) is 31.2 Å². The average Bonchev–Trinajstić information content (AvgIpc) is 2.29. The van der Waals surface area contributed by atoms with E-state index in [0.29, 0.717) is 22.3 Å². The van der Waals surface area contributed by atoms with Gasteiger partial charge in [-0.15, -0.1) is 0 Å². The van der Waals surface area contributed by atoms with Gasteiger partial charge in [0.1, 0.15) is 5.92 Å². The Morgan fingerprint density at radius 2 is 1.83 bits per heavy atom. The van der Waals surface area contributed by atoms with Crippen molar-refractivity contribution in [3.63, 3.8) is 0 Å². The van der Waals surface area contributed by atoms with E-state index in [0.717, 1.165) is 0 Å². The van der Waals surface area contributed by atoms with E-state index in [1.54, 1.807) is 0 Å². The van der Waals surface area contributed by atoms with Gasteiger partial charge in [0.2, 0.25) is 5.91 Å². The topological polar surface area (TPSA) is 66.4 Å². The average molecular weight is 275 g/mol. The van der Waals surface area contributed by atoms with Gasteiger partial charge < -0.3 is 10.4 Å². The number of amides is 1. The quantitative estimate of drug-likeness (QED) is 0.640. The maximum Gasteiger partial charge on any atom is 0.315 e. The van der Waals surface area contributed by atoms with Gasteiger partial charge in [-0.2, -0.15) is 8.78 Å². The van der Waals surface area contributed by atoms with Gasteiger partial charge in [0, 0.05) is 10.6 Å². The van der Waals surface area contributed by atoms with Gasteiger partial charge in [-0.25, -0.2) is 0 Å². The van der Waals surface area contributed by atoms with E-state index in [2.05, 4.69) is 5.32 Å². The molecular formula is C11H11F2NO3S. The zero-order valence-electron chi connectivity index (χ0n) is 9.39. The summed E-state index contributed by atoms with van der Waals surface area (Å²) in [5, 5.41) is 11.0. The second-order valence-electron chi connectivity index (χ2n) is 3.45. The van der Waals surface area contributed by atoms with Crippen molar-refractivity contribution in [3.8, 4) is 0 Å². The van der Waals surface area contributed by atoms with Gasteiger partial charge in [0.15, 0.2) is 0 Å². The summed E-state index contributed by atoms with van der Waals surface area (Å²) in [7, 11) is 0. The Morgan fingerprint density at radius 1 is 1.28 bits per heavy atom. The van der Waals surface area contributed by atoms with Crippen molar-refractivity contribution in [2.45, 2.75) is 17.6 Å². The number of hydrogen-bond acceptors (Lipinski definition) is 3. The lowest BCUT2D eigenvalue weighted by Crippen LogP contribution is -2.26. The van der Waals surface area contributed by atoms with Crippen LogP contribution >= 0.6 is 11.8 Å². The van der Waals surface area contributed by atoms with Crippen molar-refractivity contribution in [1.82, 2.24) is 0 Å². The molecule has 1 amide bonds. The van der Waals surface area contributed by atoms with Gasteiger partial charge in [-0.1, -0.05) is 11.8 Å². The number of anilines is 1. The number of benzene rings is 1. The van der Waals surface area contributed by atoms with E-state index in [1.807, 2.05) is 0 Å². The summed E-state index contributed by atoms with van der Waals surface area (Å²) in [6.45, 7) is 1.26. The van der Waals surface area contributed by atoms with E-state index >= 15 is 0 Å². The Kier molecular flexibility index (Phi) is 5.08. The molecule has 0 heterocycles. The number of alkyl halides is 2. The number of hydrogen-bond donors (Lipinski definition) is 2. The number of thioether (sulfide) groups is 1. The fraction of sp³-hybridized carbons (Fsp3) is 0.273. The lowest BCUT2D eigenvalue weighted by atomic mass is 10.1. The third kappa shape index (κ3) is 4.33. The molecule has 0 aromatic heterocycles. The second-order valence-corrected chi connectivity index (χ2v) is 4.52. The fourth-order valence-corrected chi connectivity index (χ4v) is 1.58. The summed E-state index contributed by atoms with van der Waals surface area (Å²) >= 11 is 0.397. The fourth-order valence-electron chi connectivity index (χ4n) is 1.08. The van der Waals surface area contributed by atoms with Crippen LogP contribution in [0.25, 0.3) is 0 Å². The minimum Gasteiger partial charge on any atom is -0.481 e. The number of rotatable bonds is 5. The highest BCUT2D eigenvalue weighted by Gasteiger charge is 2.20. The smallest absolute Gasteiger partial charge is 0.315 e. The molecule has 7 heteroatoms. The summed E-state index contributed by atoms with van der Waals surface area (Å²) < 4.78 is 24.1. The Bertz CT molecular complexity index is 436. The SMILES string of the molecule is CC(C(=O)O)C(=O)Nc1ccc(SC(F)F)cc1. The molecule has 0 radical (unpaired) electrons. The molecule has 18 heavy (non-hydrogen) atoms. The highest BCUT2D eigenvalue weighted by molar-refractivity contribution is 7.99. The van der Waals surface area contributed by atoms with Crippen LogP contribution in [0.15, 0.2) is 29.2 Å². The van der Waals surface area contributed by atoms with Crippen molar-refractivity contribution in [2.75, 3.05) is 5.32 Å². The van der Waals surface area contributed by atoms with Crippen molar-refractivity contribution in [2.24, 2.45) is 5.92 Å². The molecule has 1 atom stereocenters. The normalized spacial score (nSPS) is 12.2. The molecule has 1 aromatic rings. The molecular weight excluding hydrogens is 264 g/mol. The zero-order chi connectivity index (χ0) is 13.7. The van der Waals surface area contributed by atoms with Crippen LogP contribution in [0.3, 0.4) is 0 Å². The summed E-state index contributed by atoms with van der Waals surface area (Å²) in [6.07, 6.45) is 0. The predicted molar refractivity (Wildman–Crippen MR) is 63.7 cm³/mol. The lowest BCUT2D eigenvalue weighted by Gasteiger charge is -2.08. The van der Waals surface area contributed by atoms with Crippen LogP contribution in [0.1, 0.15) is 6.92 Å². The number of nitrogens with one attached hydrogen (secondary N) is 1. The van der Waals surface area contributed by atoms with E-state index in [9.17, 15) is 18.4 Å². The molecule has 0 saturated carbocycles. The van der Waals surface area contributed by atoms with Crippen LogP contribution in [0.5, 0.6) is 0 Å². The van der Waals surface area contributed by atoms with E-state index in [4.69, 9.17) is 5.11 Å². The lowest BCUT2D eigenvalue weighted by molar-refractivity contribution is -0.144. The summed E-state index contributed by atoms with van der Waals surface area (Å²) in [5.41, 5.74) is 0.367.